The van der Waals surface area contributed by atoms with Gasteiger partial charge >= 0.3 is 5.97 Å². The molecule has 2 saturated heterocycles. The lowest BCUT2D eigenvalue weighted by atomic mass is 9.81. The predicted octanol–water partition coefficient (Wildman–Crippen LogP) is 2.56. The summed E-state index contributed by atoms with van der Waals surface area (Å²) in [6.45, 7) is 5.55. The molecule has 3 aliphatic rings. The van der Waals surface area contributed by atoms with Crippen LogP contribution in [0.25, 0.3) is 0 Å². The highest BCUT2D eigenvalue weighted by atomic mass is 16.6. The minimum absolute atomic E-state index is 0.0613. The Morgan fingerprint density at radius 1 is 1.30 bits per heavy atom. The first kappa shape index (κ1) is 14.1. The Morgan fingerprint density at radius 3 is 2.85 bits per heavy atom. The number of aliphatic imine (C=N–C) groups is 1. The van der Waals surface area contributed by atoms with Crippen molar-refractivity contribution in [2.24, 2.45) is 4.99 Å². The number of rotatable bonds is 2. The average Bonchev–Trinajstić information content (AvgIpc) is 2.75. The molecule has 0 N–H and O–H groups in total. The maximum Gasteiger partial charge on any atom is 0.312 e. The molecule has 20 heavy (non-hydrogen) atoms. The summed E-state index contributed by atoms with van der Waals surface area (Å²) < 4.78 is 5.71. The van der Waals surface area contributed by atoms with Gasteiger partial charge in [0.15, 0.2) is 5.60 Å². The fourth-order valence-electron chi connectivity index (χ4n) is 3.93. The van der Waals surface area contributed by atoms with E-state index in [1.807, 2.05) is 0 Å². The fourth-order valence-corrected chi connectivity index (χ4v) is 3.93. The Balaban J connectivity index is 1.76. The zero-order valence-corrected chi connectivity index (χ0v) is 12.6. The summed E-state index contributed by atoms with van der Waals surface area (Å²) >= 11 is 0. The lowest BCUT2D eigenvalue weighted by molar-refractivity contribution is -0.148. The first-order chi connectivity index (χ1) is 9.72. The van der Waals surface area contributed by atoms with Crippen molar-refractivity contribution in [1.29, 1.82) is 0 Å². The summed E-state index contributed by atoms with van der Waals surface area (Å²) in [5.74, 6) is -0.0613. The molecule has 0 aromatic rings. The minimum Gasteiger partial charge on any atom is -0.453 e. The molecule has 2 heterocycles. The molecule has 1 aliphatic carbocycles. The number of likely N-dealkylation sites (tertiary alicyclic amines) is 1. The van der Waals surface area contributed by atoms with Gasteiger partial charge in [0.1, 0.15) is 0 Å². The molecule has 2 aliphatic heterocycles. The lowest BCUT2D eigenvalue weighted by Crippen LogP contribution is -2.41. The Labute approximate surface area is 121 Å². The van der Waals surface area contributed by atoms with Gasteiger partial charge in [-0.25, -0.2) is 0 Å². The van der Waals surface area contributed by atoms with Crippen molar-refractivity contribution >= 4 is 11.7 Å². The zero-order valence-electron chi connectivity index (χ0n) is 12.6. The van der Waals surface area contributed by atoms with Crippen LogP contribution in [0.3, 0.4) is 0 Å². The highest BCUT2D eigenvalue weighted by Crippen LogP contribution is 2.38. The number of carbonyl (C=O) groups excluding carboxylic acids is 1. The number of esters is 1. The van der Waals surface area contributed by atoms with Crippen molar-refractivity contribution in [1.82, 2.24) is 4.90 Å². The van der Waals surface area contributed by atoms with Crippen LogP contribution in [0.5, 0.6) is 0 Å². The summed E-state index contributed by atoms with van der Waals surface area (Å²) in [4.78, 5) is 19.2. The second kappa shape index (κ2) is 5.84. The van der Waals surface area contributed by atoms with E-state index in [0.717, 1.165) is 50.9 Å². The predicted molar refractivity (Wildman–Crippen MR) is 79.1 cm³/mol. The van der Waals surface area contributed by atoms with Gasteiger partial charge in [-0.05, 0) is 51.6 Å². The van der Waals surface area contributed by atoms with Crippen molar-refractivity contribution < 1.29 is 9.53 Å². The van der Waals surface area contributed by atoms with Crippen LogP contribution < -0.4 is 0 Å². The maximum absolute atomic E-state index is 11.8. The lowest BCUT2D eigenvalue weighted by Gasteiger charge is -2.34. The molecule has 112 valence electrons. The Morgan fingerprint density at radius 2 is 2.10 bits per heavy atom. The molecule has 3 rings (SSSR count). The molecule has 0 unspecified atom stereocenters. The first-order valence-corrected chi connectivity index (χ1v) is 8.23. The standard InChI is InChI=1S/C16H26N2O2/c1-2-18-10-6-7-13(12-18)17-14-11-15(19)20-16(14)8-4-3-5-9-16/h13H,2-12H2,1H3/t13-/m1/s1. The summed E-state index contributed by atoms with van der Waals surface area (Å²) in [6, 6.07) is 0.368. The maximum atomic E-state index is 11.8. The van der Waals surface area contributed by atoms with Crippen LogP contribution in [0.2, 0.25) is 0 Å². The summed E-state index contributed by atoms with van der Waals surface area (Å²) in [5, 5.41) is 0. The Bertz CT molecular complexity index is 399. The summed E-state index contributed by atoms with van der Waals surface area (Å²) in [6.07, 6.45) is 8.38. The molecular weight excluding hydrogens is 252 g/mol. The smallest absolute Gasteiger partial charge is 0.312 e. The second-order valence-corrected chi connectivity index (χ2v) is 6.47. The van der Waals surface area contributed by atoms with Crippen LogP contribution in [0.4, 0.5) is 0 Å². The highest BCUT2D eigenvalue weighted by Gasteiger charge is 2.47. The SMILES string of the molecule is CCN1CCC[C@@H](N=C2CC(=O)OC23CCCCC3)C1. The number of piperidine rings is 1. The molecule has 0 bridgehead atoms. The number of hydrogen-bond donors (Lipinski definition) is 0. The van der Waals surface area contributed by atoms with Crippen LogP contribution in [-0.2, 0) is 9.53 Å². The Kier molecular flexibility index (Phi) is 4.11. The van der Waals surface area contributed by atoms with E-state index in [9.17, 15) is 4.79 Å². The molecule has 0 amide bonds. The molecule has 1 atom stereocenters. The van der Waals surface area contributed by atoms with Crippen molar-refractivity contribution in [3.8, 4) is 0 Å². The van der Waals surface area contributed by atoms with Crippen molar-refractivity contribution in [3.63, 3.8) is 0 Å². The average molecular weight is 278 g/mol. The zero-order chi connectivity index (χ0) is 14.0. The molecule has 4 nitrogen and oxygen atoms in total. The van der Waals surface area contributed by atoms with Crippen LogP contribution in [-0.4, -0.2) is 47.9 Å². The number of nitrogens with zero attached hydrogens (tertiary/aromatic N) is 2. The van der Waals surface area contributed by atoms with E-state index in [0.29, 0.717) is 12.5 Å². The van der Waals surface area contributed by atoms with Gasteiger partial charge < -0.3 is 9.64 Å². The molecular formula is C16H26N2O2. The third-order valence-corrected chi connectivity index (χ3v) is 5.07. The number of ether oxygens (including phenoxy) is 1. The number of carbonyl (C=O) groups is 1. The topological polar surface area (TPSA) is 41.9 Å². The monoisotopic (exact) mass is 278 g/mol. The molecule has 0 aromatic carbocycles. The molecule has 3 fully saturated rings. The van der Waals surface area contributed by atoms with Gasteiger partial charge in [0.2, 0.25) is 0 Å². The molecule has 0 aromatic heterocycles. The van der Waals surface area contributed by atoms with Gasteiger partial charge in [-0.3, -0.25) is 9.79 Å². The van der Waals surface area contributed by atoms with E-state index in [4.69, 9.17) is 9.73 Å². The van der Waals surface area contributed by atoms with E-state index in [1.54, 1.807) is 0 Å². The van der Waals surface area contributed by atoms with Gasteiger partial charge in [-0.1, -0.05) is 13.3 Å². The van der Waals surface area contributed by atoms with E-state index in [-0.39, 0.29) is 11.6 Å². The van der Waals surface area contributed by atoms with Crippen molar-refractivity contribution in [3.05, 3.63) is 0 Å². The second-order valence-electron chi connectivity index (χ2n) is 6.47. The first-order valence-electron chi connectivity index (χ1n) is 8.23. The van der Waals surface area contributed by atoms with Gasteiger partial charge in [0, 0.05) is 6.54 Å². The van der Waals surface area contributed by atoms with Crippen LogP contribution in [0.1, 0.15) is 58.3 Å². The minimum atomic E-state index is -0.316. The number of likely N-dealkylation sites (N-methyl/N-ethyl adjacent to an activating group) is 1. The normalized spacial score (nSPS) is 32.8. The summed E-state index contributed by atoms with van der Waals surface area (Å²) in [5.41, 5.74) is 0.745. The van der Waals surface area contributed by atoms with Crippen LogP contribution in [0, 0.1) is 0 Å². The van der Waals surface area contributed by atoms with Crippen molar-refractivity contribution in [2.75, 3.05) is 19.6 Å². The van der Waals surface area contributed by atoms with Gasteiger partial charge in [0.05, 0.1) is 18.2 Å². The van der Waals surface area contributed by atoms with E-state index >= 15 is 0 Å². The molecule has 0 radical (unpaired) electrons. The molecule has 4 heteroatoms. The van der Waals surface area contributed by atoms with E-state index in [2.05, 4.69) is 11.8 Å². The third-order valence-electron chi connectivity index (χ3n) is 5.07. The summed E-state index contributed by atoms with van der Waals surface area (Å²) in [7, 11) is 0. The van der Waals surface area contributed by atoms with Crippen molar-refractivity contribution in [2.45, 2.75) is 69.9 Å². The van der Waals surface area contributed by atoms with Gasteiger partial charge in [-0.15, -0.1) is 0 Å². The molecule has 1 spiro atoms. The van der Waals surface area contributed by atoms with E-state index in [1.165, 1.54) is 19.4 Å². The Hall–Kier alpha value is -0.900. The third kappa shape index (κ3) is 2.76. The van der Waals surface area contributed by atoms with Crippen LogP contribution >= 0.6 is 0 Å². The fraction of sp³-hybridized carbons (Fsp3) is 0.875. The largest absolute Gasteiger partial charge is 0.453 e. The highest BCUT2D eigenvalue weighted by molar-refractivity contribution is 6.09. The van der Waals surface area contributed by atoms with Gasteiger partial charge in [-0.2, -0.15) is 0 Å². The number of hydrogen-bond acceptors (Lipinski definition) is 4. The molecule has 1 saturated carbocycles. The quantitative estimate of drug-likeness (QED) is 0.729. The van der Waals surface area contributed by atoms with Gasteiger partial charge in [0.25, 0.3) is 0 Å². The van der Waals surface area contributed by atoms with Crippen LogP contribution in [0.15, 0.2) is 4.99 Å². The van der Waals surface area contributed by atoms with E-state index < -0.39 is 0 Å².